The van der Waals surface area contributed by atoms with Crippen LogP contribution in [-0.4, -0.2) is 34.5 Å². The second kappa shape index (κ2) is 8.83. The normalized spacial score (nSPS) is 14.1. The molecule has 0 atom stereocenters. The van der Waals surface area contributed by atoms with E-state index in [2.05, 4.69) is 11.8 Å². The third-order valence-corrected chi connectivity index (χ3v) is 7.23. The SMILES string of the molecule is CC(C)Oc1cc(C(=O)CS(=O)(=O)c2ccccc2S(N)(=O)=O)ccc1C#CC1CC1. The number of ether oxygens (including phenoxy) is 1. The van der Waals surface area contributed by atoms with Crippen molar-refractivity contribution in [2.75, 3.05) is 5.75 Å². The number of Topliss-reactive ketones (excluding diaryl/α,β-unsaturated/α-hetero) is 1. The number of hydrogen-bond donors (Lipinski definition) is 1. The highest BCUT2D eigenvalue weighted by molar-refractivity contribution is 7.94. The van der Waals surface area contributed by atoms with Crippen molar-refractivity contribution < 1.29 is 26.4 Å². The van der Waals surface area contributed by atoms with Crippen molar-refractivity contribution in [2.24, 2.45) is 11.1 Å². The van der Waals surface area contributed by atoms with Crippen LogP contribution in [0.4, 0.5) is 0 Å². The van der Waals surface area contributed by atoms with Crippen molar-refractivity contribution in [3.05, 3.63) is 53.6 Å². The molecule has 2 aromatic carbocycles. The summed E-state index contributed by atoms with van der Waals surface area (Å²) in [6.45, 7) is 3.67. The molecule has 2 aromatic rings. The van der Waals surface area contributed by atoms with Gasteiger partial charge in [-0.05, 0) is 57.0 Å². The lowest BCUT2D eigenvalue weighted by Gasteiger charge is -2.13. The van der Waals surface area contributed by atoms with E-state index in [-0.39, 0.29) is 11.7 Å². The van der Waals surface area contributed by atoms with E-state index < -0.39 is 41.2 Å². The number of ketones is 1. The summed E-state index contributed by atoms with van der Waals surface area (Å²) in [5, 5.41) is 5.13. The topological polar surface area (TPSA) is 121 Å². The molecule has 1 aliphatic rings. The summed E-state index contributed by atoms with van der Waals surface area (Å²) in [5.74, 6) is 5.38. The van der Waals surface area contributed by atoms with Gasteiger partial charge in [0.25, 0.3) is 0 Å². The highest BCUT2D eigenvalue weighted by Gasteiger charge is 2.27. The first-order valence-corrected chi connectivity index (χ1v) is 12.9. The van der Waals surface area contributed by atoms with Crippen LogP contribution in [0.3, 0.4) is 0 Å². The molecule has 2 N–H and O–H groups in total. The van der Waals surface area contributed by atoms with Gasteiger partial charge < -0.3 is 4.74 Å². The van der Waals surface area contributed by atoms with Crippen LogP contribution < -0.4 is 9.88 Å². The summed E-state index contributed by atoms with van der Waals surface area (Å²) in [6.07, 6.45) is 1.97. The van der Waals surface area contributed by atoms with Crippen molar-refractivity contribution in [2.45, 2.75) is 42.6 Å². The van der Waals surface area contributed by atoms with Crippen molar-refractivity contribution in [1.29, 1.82) is 0 Å². The quantitative estimate of drug-likeness (QED) is 0.500. The number of sulfone groups is 1. The summed E-state index contributed by atoms with van der Waals surface area (Å²) in [7, 11) is -8.54. The Labute approximate surface area is 182 Å². The lowest BCUT2D eigenvalue weighted by atomic mass is 10.1. The van der Waals surface area contributed by atoms with E-state index in [0.717, 1.165) is 25.0 Å². The van der Waals surface area contributed by atoms with Gasteiger partial charge in [0.15, 0.2) is 15.6 Å². The zero-order chi connectivity index (χ0) is 22.8. The van der Waals surface area contributed by atoms with Crippen LogP contribution in [0.2, 0.25) is 0 Å². The lowest BCUT2D eigenvalue weighted by Crippen LogP contribution is -2.21. The molecule has 1 fully saturated rings. The maximum atomic E-state index is 12.8. The van der Waals surface area contributed by atoms with Crippen LogP contribution >= 0.6 is 0 Å². The number of sulfonamides is 1. The molecule has 164 valence electrons. The Morgan fingerprint density at radius 1 is 1.10 bits per heavy atom. The van der Waals surface area contributed by atoms with E-state index in [4.69, 9.17) is 9.88 Å². The number of primary sulfonamides is 1. The maximum absolute atomic E-state index is 12.8. The van der Waals surface area contributed by atoms with E-state index in [1.54, 1.807) is 6.07 Å². The minimum atomic E-state index is -4.28. The minimum absolute atomic E-state index is 0.129. The van der Waals surface area contributed by atoms with E-state index in [0.29, 0.717) is 17.2 Å². The molecule has 0 aromatic heterocycles. The van der Waals surface area contributed by atoms with Crippen LogP contribution in [0, 0.1) is 17.8 Å². The molecule has 0 heterocycles. The van der Waals surface area contributed by atoms with Gasteiger partial charge in [-0.15, -0.1) is 0 Å². The number of hydrogen-bond acceptors (Lipinski definition) is 6. The first-order chi connectivity index (χ1) is 14.5. The summed E-state index contributed by atoms with van der Waals surface area (Å²) >= 11 is 0. The summed E-state index contributed by atoms with van der Waals surface area (Å²) in [4.78, 5) is 11.7. The Balaban J connectivity index is 1.92. The molecule has 0 radical (unpaired) electrons. The second-order valence-electron chi connectivity index (χ2n) is 7.60. The lowest BCUT2D eigenvalue weighted by molar-refractivity contribution is 0.102. The number of carbonyl (C=O) groups is 1. The molecular weight excluding hydrogens is 438 g/mol. The summed E-state index contributed by atoms with van der Waals surface area (Å²) in [5.41, 5.74) is 0.754. The molecule has 0 amide bonds. The molecule has 0 bridgehead atoms. The van der Waals surface area contributed by atoms with Crippen LogP contribution in [-0.2, 0) is 19.9 Å². The highest BCUT2D eigenvalue weighted by Crippen LogP contribution is 2.29. The van der Waals surface area contributed by atoms with Gasteiger partial charge in [-0.3, -0.25) is 4.79 Å². The summed E-state index contributed by atoms with van der Waals surface area (Å²) in [6, 6.07) is 9.53. The largest absolute Gasteiger partial charge is 0.490 e. The van der Waals surface area contributed by atoms with Gasteiger partial charge in [-0.2, -0.15) is 0 Å². The Morgan fingerprint density at radius 3 is 2.32 bits per heavy atom. The molecule has 0 spiro atoms. The number of nitrogens with two attached hydrogens (primary N) is 1. The van der Waals surface area contributed by atoms with E-state index in [1.807, 2.05) is 13.8 Å². The van der Waals surface area contributed by atoms with Gasteiger partial charge in [0.1, 0.15) is 16.4 Å². The van der Waals surface area contributed by atoms with Gasteiger partial charge in [-0.1, -0.05) is 24.0 Å². The molecule has 1 aliphatic carbocycles. The summed E-state index contributed by atoms with van der Waals surface area (Å²) < 4.78 is 54.9. The van der Waals surface area contributed by atoms with Crippen LogP contribution in [0.1, 0.15) is 42.6 Å². The van der Waals surface area contributed by atoms with Crippen molar-refractivity contribution in [1.82, 2.24) is 0 Å². The predicted molar refractivity (Wildman–Crippen MR) is 116 cm³/mol. The number of rotatable bonds is 7. The molecule has 3 rings (SSSR count). The Kier molecular flexibility index (Phi) is 6.55. The fraction of sp³-hybridized carbons (Fsp3) is 0.318. The number of carbonyl (C=O) groups excluding carboxylic acids is 1. The fourth-order valence-electron chi connectivity index (χ4n) is 2.83. The zero-order valence-electron chi connectivity index (χ0n) is 17.2. The van der Waals surface area contributed by atoms with Crippen molar-refractivity contribution >= 4 is 25.6 Å². The Hall–Kier alpha value is -2.67. The molecule has 0 unspecified atom stereocenters. The second-order valence-corrected chi connectivity index (χ2v) is 11.1. The molecule has 1 saturated carbocycles. The van der Waals surface area contributed by atoms with Crippen molar-refractivity contribution in [3.8, 4) is 17.6 Å². The third kappa shape index (κ3) is 5.94. The first kappa shape index (κ1) is 23.0. The van der Waals surface area contributed by atoms with Gasteiger partial charge in [0, 0.05) is 11.5 Å². The van der Waals surface area contributed by atoms with Crippen LogP contribution in [0.15, 0.2) is 52.3 Å². The van der Waals surface area contributed by atoms with Gasteiger partial charge in [0.05, 0.1) is 16.6 Å². The Bertz CT molecular complexity index is 1280. The van der Waals surface area contributed by atoms with Crippen molar-refractivity contribution in [3.63, 3.8) is 0 Å². The molecule has 0 saturated heterocycles. The Morgan fingerprint density at radius 2 is 1.74 bits per heavy atom. The smallest absolute Gasteiger partial charge is 0.239 e. The molecule has 9 heteroatoms. The van der Waals surface area contributed by atoms with Crippen LogP contribution in [0.5, 0.6) is 5.75 Å². The monoisotopic (exact) mass is 461 g/mol. The van der Waals surface area contributed by atoms with Gasteiger partial charge in [-0.25, -0.2) is 22.0 Å². The van der Waals surface area contributed by atoms with Gasteiger partial charge in [0.2, 0.25) is 10.0 Å². The molecule has 0 aliphatic heterocycles. The molecule has 7 nitrogen and oxygen atoms in total. The van der Waals surface area contributed by atoms with E-state index >= 15 is 0 Å². The average Bonchev–Trinajstić information content (AvgIpc) is 3.50. The molecule has 31 heavy (non-hydrogen) atoms. The zero-order valence-corrected chi connectivity index (χ0v) is 18.8. The van der Waals surface area contributed by atoms with E-state index in [9.17, 15) is 21.6 Å². The van der Waals surface area contributed by atoms with Crippen LogP contribution in [0.25, 0.3) is 0 Å². The number of benzene rings is 2. The third-order valence-electron chi connectivity index (χ3n) is 4.47. The van der Waals surface area contributed by atoms with Gasteiger partial charge >= 0.3 is 0 Å². The fourth-order valence-corrected chi connectivity index (χ4v) is 5.51. The standard InChI is InChI=1S/C22H23NO6S2/c1-15(2)29-20-13-18(12-11-17(20)10-9-16-7-8-16)19(24)14-30(25,26)21-5-3-4-6-22(21)31(23,27)28/h3-6,11-13,15-16H,7-8,14H2,1-2H3,(H2,23,27,28). The van der Waals surface area contributed by atoms with E-state index in [1.165, 1.54) is 24.3 Å². The first-order valence-electron chi connectivity index (χ1n) is 9.67. The molecular formula is C22H23NO6S2. The maximum Gasteiger partial charge on any atom is 0.239 e. The minimum Gasteiger partial charge on any atom is -0.490 e. The average molecular weight is 462 g/mol. The predicted octanol–water partition coefficient (Wildman–Crippen LogP) is 2.54. The highest BCUT2D eigenvalue weighted by atomic mass is 32.2.